The van der Waals surface area contributed by atoms with Crippen LogP contribution in [0.1, 0.15) is 25.7 Å². The van der Waals surface area contributed by atoms with E-state index in [0.29, 0.717) is 30.8 Å². The van der Waals surface area contributed by atoms with Crippen LogP contribution in [0, 0.1) is 17.2 Å². The van der Waals surface area contributed by atoms with Crippen LogP contribution in [0.15, 0.2) is 32.7 Å². The van der Waals surface area contributed by atoms with Gasteiger partial charge in [-0.25, -0.2) is 13.2 Å². The highest BCUT2D eigenvalue weighted by molar-refractivity contribution is 7.89. The second-order valence-electron chi connectivity index (χ2n) is 6.79. The Morgan fingerprint density at radius 3 is 2.64 bits per heavy atom. The molecule has 0 spiro atoms. The molecule has 2 aliphatic rings. The smallest absolute Gasteiger partial charge is 0.293 e. The van der Waals surface area contributed by atoms with Crippen LogP contribution in [0.4, 0.5) is 0 Å². The lowest BCUT2D eigenvalue weighted by molar-refractivity contribution is 0.571. The fourth-order valence-corrected chi connectivity index (χ4v) is 4.26. The van der Waals surface area contributed by atoms with Gasteiger partial charge in [-0.3, -0.25) is 14.3 Å². The number of hydrogen-bond acceptors (Lipinski definition) is 5. The van der Waals surface area contributed by atoms with Crippen LogP contribution in [0.5, 0.6) is 0 Å². The van der Waals surface area contributed by atoms with Crippen molar-refractivity contribution in [2.45, 2.75) is 42.7 Å². The van der Waals surface area contributed by atoms with Crippen LogP contribution in [0.25, 0.3) is 10.9 Å². The molecular formula is C16H16N4O4S. The molecule has 130 valence electrons. The Hall–Kier alpha value is -2.44. The Kier molecular flexibility index (Phi) is 3.39. The lowest BCUT2D eigenvalue weighted by Gasteiger charge is -2.12. The van der Waals surface area contributed by atoms with E-state index in [1.54, 1.807) is 0 Å². The van der Waals surface area contributed by atoms with Gasteiger partial charge in [0.1, 0.15) is 5.54 Å². The van der Waals surface area contributed by atoms with Gasteiger partial charge in [-0.2, -0.15) is 9.98 Å². The van der Waals surface area contributed by atoms with Crippen molar-refractivity contribution in [1.82, 2.24) is 14.3 Å². The van der Waals surface area contributed by atoms with Crippen molar-refractivity contribution in [3.63, 3.8) is 0 Å². The predicted molar refractivity (Wildman–Crippen MR) is 89.5 cm³/mol. The monoisotopic (exact) mass is 360 g/mol. The van der Waals surface area contributed by atoms with E-state index in [9.17, 15) is 18.0 Å². The maximum atomic E-state index is 12.5. The number of aromatic nitrogens is 2. The summed E-state index contributed by atoms with van der Waals surface area (Å²) < 4.78 is 28.9. The molecule has 2 saturated carbocycles. The minimum atomic E-state index is -3.92. The van der Waals surface area contributed by atoms with Gasteiger partial charge in [0.05, 0.1) is 21.9 Å². The summed E-state index contributed by atoms with van der Waals surface area (Å²) in [6, 6.07) is 6.07. The van der Waals surface area contributed by atoms with Crippen LogP contribution >= 0.6 is 0 Å². The highest BCUT2D eigenvalue weighted by atomic mass is 32.2. The number of rotatable bonds is 5. The zero-order valence-corrected chi connectivity index (χ0v) is 14.1. The number of H-pyrrole nitrogens is 1. The minimum absolute atomic E-state index is 0.0938. The zero-order valence-electron chi connectivity index (χ0n) is 13.3. The van der Waals surface area contributed by atoms with Crippen molar-refractivity contribution in [2.24, 2.45) is 5.92 Å². The summed E-state index contributed by atoms with van der Waals surface area (Å²) in [5, 5.41) is 9.21. The molecule has 0 unspecified atom stereocenters. The van der Waals surface area contributed by atoms with Gasteiger partial charge in [0, 0.05) is 6.54 Å². The first-order valence-corrected chi connectivity index (χ1v) is 9.54. The standard InChI is InChI=1S/C16H16N4O4S/c17-9-16(5-6-16)19-25(23,24)11-3-4-13-12(7-11)14(21)18-15(22)20(13)8-10-1-2-10/h3-4,7,10,19H,1-2,5-6,8H2,(H,18,21,22). The van der Waals surface area contributed by atoms with Crippen LogP contribution in [0.3, 0.4) is 0 Å². The van der Waals surface area contributed by atoms with Gasteiger partial charge >= 0.3 is 5.69 Å². The Morgan fingerprint density at radius 2 is 2.04 bits per heavy atom. The number of benzene rings is 1. The van der Waals surface area contributed by atoms with Crippen LogP contribution in [0.2, 0.25) is 0 Å². The first-order chi connectivity index (χ1) is 11.8. The summed E-state index contributed by atoms with van der Waals surface area (Å²) in [6.45, 7) is 0.508. The number of fused-ring (bicyclic) bond motifs is 1. The van der Waals surface area contributed by atoms with E-state index in [1.807, 2.05) is 6.07 Å². The maximum absolute atomic E-state index is 12.5. The van der Waals surface area contributed by atoms with Crippen molar-refractivity contribution in [3.8, 4) is 6.07 Å². The van der Waals surface area contributed by atoms with Crippen molar-refractivity contribution >= 4 is 20.9 Å². The second kappa shape index (κ2) is 5.28. The number of sulfonamides is 1. The Morgan fingerprint density at radius 1 is 1.32 bits per heavy atom. The van der Waals surface area contributed by atoms with Gasteiger partial charge in [-0.1, -0.05) is 0 Å². The van der Waals surface area contributed by atoms with Crippen molar-refractivity contribution in [2.75, 3.05) is 0 Å². The van der Waals surface area contributed by atoms with Gasteiger partial charge in [-0.15, -0.1) is 0 Å². The molecule has 0 aliphatic heterocycles. The molecule has 8 nitrogen and oxygen atoms in total. The molecule has 0 bridgehead atoms. The molecule has 0 amide bonds. The third-order valence-electron chi connectivity index (χ3n) is 4.71. The Labute approximate surface area is 143 Å². The number of nitriles is 1. The van der Waals surface area contributed by atoms with Gasteiger partial charge in [0.25, 0.3) is 5.56 Å². The molecule has 1 aromatic carbocycles. The van der Waals surface area contributed by atoms with Gasteiger partial charge in [0.2, 0.25) is 10.0 Å². The number of nitrogens with zero attached hydrogens (tertiary/aromatic N) is 2. The molecule has 1 aromatic heterocycles. The molecular weight excluding hydrogens is 344 g/mol. The molecule has 0 radical (unpaired) electrons. The van der Waals surface area contributed by atoms with E-state index < -0.39 is 26.8 Å². The predicted octanol–water partition coefficient (Wildman–Crippen LogP) is 0.434. The van der Waals surface area contributed by atoms with E-state index in [4.69, 9.17) is 5.26 Å². The molecule has 0 saturated heterocycles. The summed E-state index contributed by atoms with van der Waals surface area (Å²) in [5.74, 6) is 0.419. The first kappa shape index (κ1) is 16.1. The summed E-state index contributed by atoms with van der Waals surface area (Å²) in [4.78, 5) is 26.4. The first-order valence-electron chi connectivity index (χ1n) is 8.06. The summed E-state index contributed by atoms with van der Waals surface area (Å²) in [5.41, 5.74) is -1.73. The second-order valence-corrected chi connectivity index (χ2v) is 8.47. The van der Waals surface area contributed by atoms with Gasteiger partial charge < -0.3 is 0 Å². The quantitative estimate of drug-likeness (QED) is 0.800. The SMILES string of the molecule is N#CC1(NS(=O)(=O)c2ccc3c(c2)c(=O)[nH]c(=O)n3CC2CC2)CC1. The minimum Gasteiger partial charge on any atom is -0.293 e. The topological polar surface area (TPSA) is 125 Å². The molecule has 2 N–H and O–H groups in total. The summed E-state index contributed by atoms with van der Waals surface area (Å²) >= 11 is 0. The average Bonchev–Trinajstić information content (AvgIpc) is 3.48. The summed E-state index contributed by atoms with van der Waals surface area (Å²) in [6.07, 6.45) is 3.02. The molecule has 2 aromatic rings. The molecule has 2 aliphatic carbocycles. The molecule has 1 heterocycles. The molecule has 2 fully saturated rings. The van der Waals surface area contributed by atoms with E-state index in [1.165, 1.54) is 22.8 Å². The maximum Gasteiger partial charge on any atom is 0.328 e. The van der Waals surface area contributed by atoms with Gasteiger partial charge in [0.15, 0.2) is 0 Å². The Bertz CT molecular complexity index is 1130. The van der Waals surface area contributed by atoms with Crippen molar-refractivity contribution in [3.05, 3.63) is 39.0 Å². The largest absolute Gasteiger partial charge is 0.328 e. The fourth-order valence-electron chi connectivity index (χ4n) is 2.86. The number of aromatic amines is 1. The van der Waals surface area contributed by atoms with Gasteiger partial charge in [-0.05, 0) is 49.8 Å². The van der Waals surface area contributed by atoms with E-state index in [2.05, 4.69) is 9.71 Å². The van der Waals surface area contributed by atoms with E-state index in [0.717, 1.165) is 12.8 Å². The van der Waals surface area contributed by atoms with Crippen molar-refractivity contribution in [1.29, 1.82) is 5.26 Å². The van der Waals surface area contributed by atoms with E-state index >= 15 is 0 Å². The number of hydrogen-bond donors (Lipinski definition) is 2. The van der Waals surface area contributed by atoms with Crippen LogP contribution < -0.4 is 16.0 Å². The average molecular weight is 360 g/mol. The third-order valence-corrected chi connectivity index (χ3v) is 6.24. The Balaban J connectivity index is 1.81. The zero-order chi connectivity index (χ0) is 17.8. The fraction of sp³-hybridized carbons (Fsp3) is 0.438. The normalized spacial score (nSPS) is 18.8. The highest BCUT2D eigenvalue weighted by Gasteiger charge is 2.46. The molecule has 0 atom stereocenters. The third kappa shape index (κ3) is 2.88. The molecule has 9 heteroatoms. The summed E-state index contributed by atoms with van der Waals surface area (Å²) in [7, 11) is -3.92. The lowest BCUT2D eigenvalue weighted by Crippen LogP contribution is -2.36. The van der Waals surface area contributed by atoms with Crippen LogP contribution in [-0.4, -0.2) is 23.5 Å². The number of nitrogens with one attached hydrogen (secondary N) is 2. The van der Waals surface area contributed by atoms with E-state index in [-0.39, 0.29) is 10.3 Å². The molecule has 25 heavy (non-hydrogen) atoms. The highest BCUT2D eigenvalue weighted by Crippen LogP contribution is 2.36. The van der Waals surface area contributed by atoms with Crippen molar-refractivity contribution < 1.29 is 8.42 Å². The molecule has 4 rings (SSSR count). The van der Waals surface area contributed by atoms with Crippen LogP contribution in [-0.2, 0) is 16.6 Å². The lowest BCUT2D eigenvalue weighted by atomic mass is 10.2.